The Kier molecular flexibility index (Phi) is 6.42. The lowest BCUT2D eigenvalue weighted by Gasteiger charge is -2.14. The fraction of sp³-hybridized carbons (Fsp3) is 0.300. The Hall–Kier alpha value is -2.85. The molecule has 1 aromatic carbocycles. The van der Waals surface area contributed by atoms with Gasteiger partial charge in [-0.25, -0.2) is 9.18 Å². The van der Waals surface area contributed by atoms with Crippen molar-refractivity contribution < 1.29 is 32.2 Å². The molecule has 0 saturated heterocycles. The number of nitrogens with one attached hydrogen (secondary N) is 1. The lowest BCUT2D eigenvalue weighted by atomic mass is 9.99. The largest absolute Gasteiger partial charge is 0.462 e. The summed E-state index contributed by atoms with van der Waals surface area (Å²) in [4.78, 5) is 15.3. The third kappa shape index (κ3) is 4.45. The molecule has 0 saturated carbocycles. The van der Waals surface area contributed by atoms with E-state index in [1.54, 1.807) is 0 Å². The van der Waals surface area contributed by atoms with E-state index in [9.17, 15) is 27.5 Å². The van der Waals surface area contributed by atoms with Gasteiger partial charge in [0.15, 0.2) is 5.69 Å². The first-order valence-corrected chi connectivity index (χ1v) is 9.58. The molecule has 1 atom stereocenters. The molecule has 166 valence electrons. The Labute approximate surface area is 179 Å². The van der Waals surface area contributed by atoms with E-state index in [2.05, 4.69) is 10.1 Å². The number of aliphatic hydroxyl groups is 1. The number of alkyl halides is 3. The monoisotopic (exact) mass is 459 g/mol. The first-order chi connectivity index (χ1) is 14.6. The highest BCUT2D eigenvalue weighted by molar-refractivity contribution is 6.33. The zero-order chi connectivity index (χ0) is 22.9. The second-order valence-corrected chi connectivity index (χ2v) is 7.11. The number of ether oxygens (including phenoxy) is 1. The number of benzene rings is 1. The lowest BCUT2D eigenvalue weighted by molar-refractivity contribution is -0.144. The van der Waals surface area contributed by atoms with E-state index in [0.717, 1.165) is 12.3 Å². The van der Waals surface area contributed by atoms with Crippen LogP contribution in [0, 0.1) is 5.82 Å². The molecule has 6 nitrogen and oxygen atoms in total. The van der Waals surface area contributed by atoms with Crippen LogP contribution in [-0.4, -0.2) is 38.6 Å². The Morgan fingerprint density at radius 1 is 1.35 bits per heavy atom. The number of carbonyl (C=O) groups is 1. The van der Waals surface area contributed by atoms with Gasteiger partial charge >= 0.3 is 12.1 Å². The molecule has 0 aliphatic rings. The number of aliphatic hydroxyl groups excluding tert-OH is 1. The van der Waals surface area contributed by atoms with Gasteiger partial charge in [0, 0.05) is 22.9 Å². The Morgan fingerprint density at radius 3 is 2.65 bits per heavy atom. The molecule has 0 amide bonds. The summed E-state index contributed by atoms with van der Waals surface area (Å²) in [6.45, 7) is 2.37. The Balaban J connectivity index is 2.30. The van der Waals surface area contributed by atoms with Gasteiger partial charge in [0.2, 0.25) is 0 Å². The van der Waals surface area contributed by atoms with Crippen molar-refractivity contribution in [2.24, 2.45) is 0 Å². The lowest BCUT2D eigenvalue weighted by Crippen LogP contribution is -2.21. The molecule has 0 radical (unpaired) electrons. The van der Waals surface area contributed by atoms with Crippen LogP contribution >= 0.6 is 11.6 Å². The van der Waals surface area contributed by atoms with Gasteiger partial charge in [0.1, 0.15) is 5.82 Å². The van der Waals surface area contributed by atoms with Gasteiger partial charge in [-0.15, -0.1) is 0 Å². The zero-order valence-electron chi connectivity index (χ0n) is 16.4. The highest BCUT2D eigenvalue weighted by Crippen LogP contribution is 2.42. The molecule has 0 aliphatic heterocycles. The van der Waals surface area contributed by atoms with E-state index >= 15 is 0 Å². The van der Waals surface area contributed by atoms with Gasteiger partial charge in [-0.1, -0.05) is 17.7 Å². The first-order valence-electron chi connectivity index (χ1n) is 9.20. The van der Waals surface area contributed by atoms with Gasteiger partial charge in [-0.2, -0.15) is 18.3 Å². The number of hydrogen-bond donors (Lipinski definition) is 2. The summed E-state index contributed by atoms with van der Waals surface area (Å²) in [5.41, 5.74) is -2.39. The summed E-state index contributed by atoms with van der Waals surface area (Å²) in [7, 11) is 0. The number of esters is 1. The molecule has 2 heterocycles. The first kappa shape index (κ1) is 22.8. The molecule has 2 aromatic heterocycles. The van der Waals surface area contributed by atoms with Crippen molar-refractivity contribution in [3.05, 3.63) is 52.7 Å². The predicted molar refractivity (Wildman–Crippen MR) is 105 cm³/mol. The zero-order valence-corrected chi connectivity index (χ0v) is 17.2. The summed E-state index contributed by atoms with van der Waals surface area (Å²) < 4.78 is 61.7. The minimum Gasteiger partial charge on any atom is -0.462 e. The smallest absolute Gasteiger partial charge is 0.433 e. The summed E-state index contributed by atoms with van der Waals surface area (Å²) in [6.07, 6.45) is -3.84. The van der Waals surface area contributed by atoms with Crippen LogP contribution in [0.15, 0.2) is 30.6 Å². The van der Waals surface area contributed by atoms with E-state index in [1.807, 2.05) is 0 Å². The Morgan fingerprint density at radius 2 is 2.06 bits per heavy atom. The molecule has 2 N–H and O–H groups in total. The number of rotatable bonds is 6. The molecule has 11 heteroatoms. The molecule has 3 aromatic rings. The molecule has 0 aliphatic carbocycles. The van der Waals surface area contributed by atoms with Gasteiger partial charge in [-0.3, -0.25) is 4.68 Å². The maximum absolute atomic E-state index is 14.5. The number of halogens is 5. The number of H-pyrrole nitrogens is 1. The molecular formula is C20H18ClF4N3O3. The minimum absolute atomic E-state index is 0.0306. The summed E-state index contributed by atoms with van der Waals surface area (Å²) in [6, 6.07) is 3.87. The van der Waals surface area contributed by atoms with Crippen LogP contribution < -0.4 is 0 Å². The SMILES string of the molecule is CCOC(=O)c1c(-c2c(F)cccc2Cl)c[nH]c1-c1cnn(C[C@@H](C)O)c1C(F)(F)F. The van der Waals surface area contributed by atoms with Crippen molar-refractivity contribution >= 4 is 17.6 Å². The third-order valence-corrected chi connectivity index (χ3v) is 4.72. The van der Waals surface area contributed by atoms with Gasteiger partial charge in [0.05, 0.1) is 41.7 Å². The van der Waals surface area contributed by atoms with E-state index in [4.69, 9.17) is 16.3 Å². The van der Waals surface area contributed by atoms with Crippen LogP contribution in [0.1, 0.15) is 29.9 Å². The van der Waals surface area contributed by atoms with Crippen LogP contribution in [0.5, 0.6) is 0 Å². The number of carbonyl (C=O) groups excluding carboxylic acids is 1. The van der Waals surface area contributed by atoms with Crippen LogP contribution in [0.4, 0.5) is 17.6 Å². The van der Waals surface area contributed by atoms with E-state index in [0.29, 0.717) is 4.68 Å². The van der Waals surface area contributed by atoms with E-state index < -0.39 is 41.9 Å². The van der Waals surface area contributed by atoms with Gasteiger partial charge in [-0.05, 0) is 26.0 Å². The van der Waals surface area contributed by atoms with Gasteiger partial charge in [0.25, 0.3) is 0 Å². The van der Waals surface area contributed by atoms with Crippen molar-refractivity contribution in [3.63, 3.8) is 0 Å². The number of aromatic nitrogens is 3. The summed E-state index contributed by atoms with van der Waals surface area (Å²) in [5, 5.41) is 13.2. The molecule has 0 unspecified atom stereocenters. The molecular weight excluding hydrogens is 442 g/mol. The molecule has 0 bridgehead atoms. The van der Waals surface area contributed by atoms with Crippen molar-refractivity contribution in [1.29, 1.82) is 0 Å². The molecule has 3 rings (SSSR count). The molecule has 0 fully saturated rings. The molecule has 31 heavy (non-hydrogen) atoms. The number of nitrogens with zero attached hydrogens (tertiary/aromatic N) is 2. The third-order valence-electron chi connectivity index (χ3n) is 4.41. The maximum Gasteiger partial charge on any atom is 0.433 e. The van der Waals surface area contributed by atoms with Crippen molar-refractivity contribution in [2.45, 2.75) is 32.7 Å². The minimum atomic E-state index is -4.85. The van der Waals surface area contributed by atoms with Crippen LogP contribution in [-0.2, 0) is 17.5 Å². The number of hydrogen-bond acceptors (Lipinski definition) is 4. The number of aromatic amines is 1. The van der Waals surface area contributed by atoms with Crippen LogP contribution in [0.2, 0.25) is 5.02 Å². The fourth-order valence-electron chi connectivity index (χ4n) is 3.26. The summed E-state index contributed by atoms with van der Waals surface area (Å²) in [5.74, 6) is -1.71. The average molecular weight is 460 g/mol. The van der Waals surface area contributed by atoms with Crippen LogP contribution in [0.25, 0.3) is 22.4 Å². The maximum atomic E-state index is 14.5. The highest BCUT2D eigenvalue weighted by Gasteiger charge is 2.40. The Bertz CT molecular complexity index is 1090. The highest BCUT2D eigenvalue weighted by atomic mass is 35.5. The summed E-state index contributed by atoms with van der Waals surface area (Å²) >= 11 is 6.11. The van der Waals surface area contributed by atoms with Crippen molar-refractivity contribution in [1.82, 2.24) is 14.8 Å². The standard InChI is InChI=1S/C20H18ClF4N3O3/c1-3-31-19(30)16-11(15-13(21)5-4-6-14(15)22)7-26-17(16)12-8-27-28(9-10(2)29)18(12)20(23,24)25/h4-8,10,26,29H,3,9H2,1-2H3/t10-/m1/s1. The topological polar surface area (TPSA) is 80.1 Å². The second-order valence-electron chi connectivity index (χ2n) is 6.71. The van der Waals surface area contributed by atoms with Gasteiger partial charge < -0.3 is 14.8 Å². The van der Waals surface area contributed by atoms with Crippen LogP contribution in [0.3, 0.4) is 0 Å². The fourth-order valence-corrected chi connectivity index (χ4v) is 3.52. The normalized spacial score (nSPS) is 12.8. The second kappa shape index (κ2) is 8.72. The van der Waals surface area contributed by atoms with Crippen molar-refractivity contribution in [3.8, 4) is 22.4 Å². The molecule has 0 spiro atoms. The predicted octanol–water partition coefficient (Wildman–Crippen LogP) is 4.91. The van der Waals surface area contributed by atoms with E-state index in [1.165, 1.54) is 32.2 Å². The quantitative estimate of drug-likeness (QED) is 0.405. The van der Waals surface area contributed by atoms with E-state index in [-0.39, 0.29) is 34.0 Å². The van der Waals surface area contributed by atoms with Crippen molar-refractivity contribution in [2.75, 3.05) is 6.61 Å². The average Bonchev–Trinajstić information content (AvgIpc) is 3.25.